The third kappa shape index (κ3) is 2.23. The molecular formula is C14H14ClFN2S. The zero-order valence-electron chi connectivity index (χ0n) is 10.5. The molecule has 1 aromatic heterocycles. The molecule has 0 radical (unpaired) electrons. The molecule has 1 aromatic carbocycles. The maximum absolute atomic E-state index is 13.8. The number of rotatable bonds is 2. The predicted octanol–water partition coefficient (Wildman–Crippen LogP) is 4.38. The third-order valence-corrected chi connectivity index (χ3v) is 4.33. The molecule has 100 valence electrons. The molecule has 2 nitrogen and oxygen atoms in total. The van der Waals surface area contributed by atoms with Gasteiger partial charge in [-0.3, -0.25) is 0 Å². The lowest BCUT2D eigenvalue weighted by atomic mass is 9.94. The van der Waals surface area contributed by atoms with Crippen molar-refractivity contribution in [3.05, 3.63) is 50.8 Å². The molecule has 1 N–H and O–H groups in total. The summed E-state index contributed by atoms with van der Waals surface area (Å²) in [6.45, 7) is 2.93. The molecule has 0 aliphatic carbocycles. The van der Waals surface area contributed by atoms with Crippen molar-refractivity contribution >= 4 is 23.8 Å². The Morgan fingerprint density at radius 1 is 1.53 bits per heavy atom. The van der Waals surface area contributed by atoms with Gasteiger partial charge in [-0.05, 0) is 55.7 Å². The standard InChI is InChI=1S/C14H14ClFN2S/c1-8-13-9(4-5-18(13)14(19)17-8)6-10-7-11(15)2-3-12(10)16/h2-3,7,9H,4-6H2,1H3,(H,17,19). The van der Waals surface area contributed by atoms with E-state index in [0.29, 0.717) is 22.9 Å². The molecule has 0 saturated heterocycles. The van der Waals surface area contributed by atoms with Gasteiger partial charge < -0.3 is 9.55 Å². The summed E-state index contributed by atoms with van der Waals surface area (Å²) < 4.78 is 16.7. The first-order chi connectivity index (χ1) is 9.06. The summed E-state index contributed by atoms with van der Waals surface area (Å²) in [5, 5.41) is 0.581. The Morgan fingerprint density at radius 3 is 3.11 bits per heavy atom. The van der Waals surface area contributed by atoms with Crippen LogP contribution in [0.3, 0.4) is 0 Å². The molecule has 0 amide bonds. The average Bonchev–Trinajstić information content (AvgIpc) is 2.88. The van der Waals surface area contributed by atoms with Crippen LogP contribution in [-0.4, -0.2) is 9.55 Å². The fourth-order valence-electron chi connectivity index (χ4n) is 2.94. The fraction of sp³-hybridized carbons (Fsp3) is 0.357. The van der Waals surface area contributed by atoms with Crippen molar-refractivity contribution in [3.8, 4) is 0 Å². The van der Waals surface area contributed by atoms with Crippen molar-refractivity contribution in [2.75, 3.05) is 0 Å². The van der Waals surface area contributed by atoms with Gasteiger partial charge in [-0.1, -0.05) is 11.6 Å². The monoisotopic (exact) mass is 296 g/mol. The largest absolute Gasteiger partial charge is 0.335 e. The Morgan fingerprint density at radius 2 is 2.32 bits per heavy atom. The van der Waals surface area contributed by atoms with E-state index in [-0.39, 0.29) is 5.82 Å². The molecule has 1 unspecified atom stereocenters. The van der Waals surface area contributed by atoms with Crippen LogP contribution in [0.25, 0.3) is 0 Å². The molecule has 3 rings (SSSR count). The molecule has 0 bridgehead atoms. The molecule has 1 aliphatic heterocycles. The zero-order valence-corrected chi connectivity index (χ0v) is 12.1. The number of hydrogen-bond acceptors (Lipinski definition) is 1. The van der Waals surface area contributed by atoms with E-state index in [4.69, 9.17) is 23.8 Å². The Balaban J connectivity index is 1.95. The SMILES string of the molecule is Cc1[nH]c(=S)n2c1C(Cc1cc(Cl)ccc1F)CC2. The molecule has 19 heavy (non-hydrogen) atoms. The number of benzene rings is 1. The third-order valence-electron chi connectivity index (χ3n) is 3.78. The van der Waals surface area contributed by atoms with Crippen LogP contribution < -0.4 is 0 Å². The van der Waals surface area contributed by atoms with Crippen molar-refractivity contribution < 1.29 is 4.39 Å². The van der Waals surface area contributed by atoms with Gasteiger partial charge in [0.1, 0.15) is 5.82 Å². The molecule has 0 saturated carbocycles. The second-order valence-electron chi connectivity index (χ2n) is 5.02. The van der Waals surface area contributed by atoms with E-state index in [1.54, 1.807) is 12.1 Å². The number of H-pyrrole nitrogens is 1. The minimum atomic E-state index is -0.186. The van der Waals surface area contributed by atoms with Crippen molar-refractivity contribution in [1.82, 2.24) is 9.55 Å². The first-order valence-corrected chi connectivity index (χ1v) is 7.08. The highest BCUT2D eigenvalue weighted by Crippen LogP contribution is 2.34. The highest BCUT2D eigenvalue weighted by atomic mass is 35.5. The summed E-state index contributed by atoms with van der Waals surface area (Å²) in [6, 6.07) is 4.73. The van der Waals surface area contributed by atoms with Gasteiger partial charge >= 0.3 is 0 Å². The van der Waals surface area contributed by atoms with Gasteiger partial charge in [-0.15, -0.1) is 0 Å². The number of imidazole rings is 1. The van der Waals surface area contributed by atoms with Crippen LogP contribution >= 0.6 is 23.8 Å². The maximum Gasteiger partial charge on any atom is 0.177 e. The normalized spacial score (nSPS) is 17.7. The van der Waals surface area contributed by atoms with Crippen LogP contribution in [0.5, 0.6) is 0 Å². The molecule has 0 spiro atoms. The van der Waals surface area contributed by atoms with E-state index >= 15 is 0 Å². The summed E-state index contributed by atoms with van der Waals surface area (Å²) in [6.07, 6.45) is 1.67. The lowest BCUT2D eigenvalue weighted by Crippen LogP contribution is -2.02. The quantitative estimate of drug-likeness (QED) is 0.816. The Bertz CT molecular complexity index is 689. The van der Waals surface area contributed by atoms with Gasteiger partial charge in [0.2, 0.25) is 0 Å². The Hall–Kier alpha value is -1.13. The number of aromatic nitrogens is 2. The minimum absolute atomic E-state index is 0.186. The zero-order chi connectivity index (χ0) is 13.6. The van der Waals surface area contributed by atoms with Crippen LogP contribution in [0.1, 0.15) is 29.3 Å². The first kappa shape index (κ1) is 12.9. The van der Waals surface area contributed by atoms with Crippen LogP contribution in [-0.2, 0) is 13.0 Å². The lowest BCUT2D eigenvalue weighted by Gasteiger charge is -2.11. The van der Waals surface area contributed by atoms with Gasteiger partial charge in [0, 0.05) is 28.9 Å². The van der Waals surface area contributed by atoms with Gasteiger partial charge in [0.15, 0.2) is 4.77 Å². The Kier molecular flexibility index (Phi) is 3.23. The number of nitrogens with one attached hydrogen (secondary N) is 1. The number of fused-ring (bicyclic) bond motifs is 1. The van der Waals surface area contributed by atoms with E-state index in [0.717, 1.165) is 23.4 Å². The highest BCUT2D eigenvalue weighted by Gasteiger charge is 2.27. The number of halogens is 2. The minimum Gasteiger partial charge on any atom is -0.335 e. The molecule has 2 aromatic rings. The topological polar surface area (TPSA) is 20.7 Å². The van der Waals surface area contributed by atoms with Gasteiger partial charge in [-0.2, -0.15) is 0 Å². The molecular weight excluding hydrogens is 283 g/mol. The van der Waals surface area contributed by atoms with Gasteiger partial charge in [-0.25, -0.2) is 4.39 Å². The highest BCUT2D eigenvalue weighted by molar-refractivity contribution is 7.71. The summed E-state index contributed by atoms with van der Waals surface area (Å²) >= 11 is 11.2. The van der Waals surface area contributed by atoms with Crippen molar-refractivity contribution in [3.63, 3.8) is 0 Å². The second-order valence-corrected chi connectivity index (χ2v) is 5.84. The van der Waals surface area contributed by atoms with Crippen molar-refractivity contribution in [1.29, 1.82) is 0 Å². The van der Waals surface area contributed by atoms with E-state index in [9.17, 15) is 4.39 Å². The number of aryl methyl sites for hydroxylation is 1. The Labute approximate surface area is 121 Å². The van der Waals surface area contributed by atoms with Gasteiger partial charge in [0.05, 0.1) is 0 Å². The summed E-state index contributed by atoms with van der Waals surface area (Å²) in [7, 11) is 0. The second kappa shape index (κ2) is 4.76. The van der Waals surface area contributed by atoms with E-state index in [1.165, 1.54) is 11.8 Å². The maximum atomic E-state index is 13.8. The van der Waals surface area contributed by atoms with Crippen molar-refractivity contribution in [2.45, 2.75) is 32.2 Å². The fourth-order valence-corrected chi connectivity index (χ4v) is 3.48. The average molecular weight is 297 g/mol. The van der Waals surface area contributed by atoms with Crippen LogP contribution in [0.15, 0.2) is 18.2 Å². The van der Waals surface area contributed by atoms with Gasteiger partial charge in [0.25, 0.3) is 0 Å². The molecule has 5 heteroatoms. The van der Waals surface area contributed by atoms with Crippen LogP contribution in [0.2, 0.25) is 5.02 Å². The number of aromatic amines is 1. The number of nitrogens with zero attached hydrogens (tertiary/aromatic N) is 1. The summed E-state index contributed by atoms with van der Waals surface area (Å²) in [5.41, 5.74) is 2.98. The van der Waals surface area contributed by atoms with E-state index in [1.807, 2.05) is 6.92 Å². The molecule has 1 atom stereocenters. The van der Waals surface area contributed by atoms with Crippen LogP contribution in [0, 0.1) is 17.5 Å². The molecule has 1 aliphatic rings. The number of hydrogen-bond donors (Lipinski definition) is 1. The molecule has 2 heterocycles. The molecule has 0 fully saturated rings. The van der Waals surface area contributed by atoms with Crippen LogP contribution in [0.4, 0.5) is 4.39 Å². The first-order valence-electron chi connectivity index (χ1n) is 6.29. The predicted molar refractivity (Wildman–Crippen MR) is 76.8 cm³/mol. The lowest BCUT2D eigenvalue weighted by molar-refractivity contribution is 0.583. The van der Waals surface area contributed by atoms with Crippen molar-refractivity contribution in [2.24, 2.45) is 0 Å². The summed E-state index contributed by atoms with van der Waals surface area (Å²) in [4.78, 5) is 3.18. The van der Waals surface area contributed by atoms with E-state index in [2.05, 4.69) is 9.55 Å². The smallest absolute Gasteiger partial charge is 0.177 e. The summed E-state index contributed by atoms with van der Waals surface area (Å²) in [5.74, 6) is 0.121. The van der Waals surface area contributed by atoms with E-state index < -0.39 is 0 Å².